The topological polar surface area (TPSA) is 177 Å². The molecule has 0 bridgehead atoms. The molecule has 4 aliphatic heterocycles. The molecule has 0 N–H and O–H groups in total. The van der Waals surface area contributed by atoms with Gasteiger partial charge in [-0.05, 0) is 197 Å². The number of amides is 4. The van der Waals surface area contributed by atoms with Gasteiger partial charge in [-0.15, -0.1) is 0 Å². The standard InChI is InChI=1S/C86H90Cl4F12N6O12/c1-103(73(109)51-117-71-45-55-11-3-5-13-65(55)79(71)21-29-105(30-22-79)33-25-81(59-15-17-67(87)69(89)49-59)53-107(35-39-119-81)77(113)57-41-61(83(91,92)93)47-62(42-57)84(94,95)96)27-7-9-37-115-75(111)19-20-76(112)116-38-10-8-28-104(2)74(110)52-118-72-46-56-12-4-6-14-66(56)80(72)23-31-106(32-24-80)34-26-82(60-16-18-68(88)70(90)50-60)54-108(36-40-120-82)78(114)58-43-63(85(97,98)99)48-64(44-58)86(100,101)102/h3-6,11-20,41-44,47-50,71-72H,7-10,21-40,45-46,51-54H2,1-2H3/b20-19-/t71-,72-,81+,82+/m0/s1. The smallest absolute Gasteiger partial charge is 0.416 e. The summed E-state index contributed by atoms with van der Waals surface area (Å²) in [4.78, 5) is 90.3. The zero-order chi connectivity index (χ0) is 86.3. The fourth-order valence-corrected chi connectivity index (χ4v) is 18.0. The molecule has 120 heavy (non-hydrogen) atoms. The van der Waals surface area contributed by atoms with Crippen LogP contribution < -0.4 is 0 Å². The third kappa shape index (κ3) is 21.4. The second-order valence-electron chi connectivity index (χ2n) is 31.5. The van der Waals surface area contributed by atoms with E-state index in [1.807, 2.05) is 36.4 Å². The molecule has 4 heterocycles. The summed E-state index contributed by atoms with van der Waals surface area (Å²) in [6, 6.07) is 27.3. The minimum atomic E-state index is -5.16. The van der Waals surface area contributed by atoms with Crippen molar-refractivity contribution < 1.29 is 110 Å². The van der Waals surface area contributed by atoms with E-state index >= 15 is 0 Å². The van der Waals surface area contributed by atoms with Crippen molar-refractivity contribution >= 4 is 82.0 Å². The van der Waals surface area contributed by atoms with Crippen LogP contribution in [0.3, 0.4) is 0 Å². The number of carbonyl (C=O) groups is 6. The summed E-state index contributed by atoms with van der Waals surface area (Å²) in [5.74, 6) is -4.12. The number of fused-ring (bicyclic) bond motifs is 4. The third-order valence-electron chi connectivity index (χ3n) is 24.1. The molecule has 6 aromatic rings. The van der Waals surface area contributed by atoms with Gasteiger partial charge in [0, 0.05) is 87.5 Å². The van der Waals surface area contributed by atoms with E-state index in [1.165, 1.54) is 9.80 Å². The van der Waals surface area contributed by atoms with Crippen molar-refractivity contribution in [3.63, 3.8) is 0 Å². The van der Waals surface area contributed by atoms with Crippen LogP contribution in [0.2, 0.25) is 20.1 Å². The first-order chi connectivity index (χ1) is 56.8. The van der Waals surface area contributed by atoms with Gasteiger partial charge in [0.2, 0.25) is 11.8 Å². The number of halogens is 16. The highest BCUT2D eigenvalue weighted by atomic mass is 35.5. The van der Waals surface area contributed by atoms with Crippen molar-refractivity contribution in [1.82, 2.24) is 29.4 Å². The van der Waals surface area contributed by atoms with Crippen LogP contribution in [-0.4, -0.2) is 209 Å². The Labute approximate surface area is 706 Å². The minimum absolute atomic E-state index is 0.00711. The lowest BCUT2D eigenvalue weighted by molar-refractivity contribution is -0.144. The van der Waals surface area contributed by atoms with Crippen LogP contribution in [0.15, 0.2) is 133 Å². The minimum Gasteiger partial charge on any atom is -0.463 e. The normalized spacial score (nSPS) is 20.8. The van der Waals surface area contributed by atoms with Crippen LogP contribution >= 0.6 is 46.4 Å². The maximum absolute atomic E-state index is 14.0. The monoisotopic (exact) mass is 1770 g/mol. The van der Waals surface area contributed by atoms with E-state index in [9.17, 15) is 81.5 Å². The number of hydrogen-bond acceptors (Lipinski definition) is 14. The van der Waals surface area contributed by atoms with E-state index in [-0.39, 0.29) is 135 Å². The quantitative estimate of drug-likeness (QED) is 0.0196. The number of nitrogens with zero attached hydrogens (tertiary/aromatic N) is 6. The van der Waals surface area contributed by atoms with Gasteiger partial charge in [0.1, 0.15) is 24.4 Å². The van der Waals surface area contributed by atoms with Crippen molar-refractivity contribution in [1.29, 1.82) is 0 Å². The number of morpholine rings is 2. The summed E-state index contributed by atoms with van der Waals surface area (Å²) < 4.78 is 204. The van der Waals surface area contributed by atoms with Gasteiger partial charge >= 0.3 is 36.6 Å². The van der Waals surface area contributed by atoms with Crippen molar-refractivity contribution in [3.8, 4) is 0 Å². The fraction of sp³-hybridized carbons (Fsp3) is 0.488. The van der Waals surface area contributed by atoms with Crippen LogP contribution in [-0.2, 0) is 107 Å². The Morgan fingerprint density at radius 1 is 0.458 bits per heavy atom. The van der Waals surface area contributed by atoms with Crippen molar-refractivity contribution in [3.05, 3.63) is 220 Å². The molecule has 2 spiro atoms. The maximum atomic E-state index is 14.0. The summed E-state index contributed by atoms with van der Waals surface area (Å²) >= 11 is 25.7. The first-order valence-electron chi connectivity index (χ1n) is 39.5. The first kappa shape index (κ1) is 91.2. The van der Waals surface area contributed by atoms with Gasteiger partial charge in [0.05, 0.1) is 94.1 Å². The molecule has 648 valence electrons. The Kier molecular flexibility index (Phi) is 28.9. The number of alkyl halides is 12. The summed E-state index contributed by atoms with van der Waals surface area (Å²) in [7, 11) is 3.31. The van der Waals surface area contributed by atoms with Gasteiger partial charge in [-0.3, -0.25) is 19.2 Å². The van der Waals surface area contributed by atoms with E-state index < -0.39 is 104 Å². The molecule has 4 atom stereocenters. The molecule has 4 fully saturated rings. The lowest BCUT2D eigenvalue weighted by Gasteiger charge is -2.46. The number of hydrogen-bond donors (Lipinski definition) is 0. The number of unbranched alkanes of at least 4 members (excludes halogenated alkanes) is 2. The molecule has 6 aromatic carbocycles. The zero-order valence-electron chi connectivity index (χ0n) is 65.7. The number of rotatable bonds is 28. The number of ether oxygens (including phenoxy) is 6. The van der Waals surface area contributed by atoms with Crippen LogP contribution in [0.4, 0.5) is 52.7 Å². The van der Waals surface area contributed by atoms with Gasteiger partial charge in [-0.2, -0.15) is 52.7 Å². The van der Waals surface area contributed by atoms with E-state index in [4.69, 9.17) is 74.8 Å². The lowest BCUT2D eigenvalue weighted by atomic mass is 9.72. The summed E-state index contributed by atoms with van der Waals surface area (Å²) in [5.41, 5.74) is -6.03. The molecule has 0 saturated carbocycles. The van der Waals surface area contributed by atoms with Gasteiger partial charge in [-0.1, -0.05) is 107 Å². The van der Waals surface area contributed by atoms with Gasteiger partial charge in [0.15, 0.2) is 0 Å². The molecule has 0 unspecified atom stereocenters. The Morgan fingerprint density at radius 3 is 1.15 bits per heavy atom. The predicted molar refractivity (Wildman–Crippen MR) is 421 cm³/mol. The number of likely N-dealkylation sites (N-methyl/N-ethyl adjacent to an activating group) is 2. The highest BCUT2D eigenvalue weighted by molar-refractivity contribution is 6.42. The van der Waals surface area contributed by atoms with Crippen molar-refractivity contribution in [2.75, 3.05) is 132 Å². The lowest BCUT2D eigenvalue weighted by Crippen LogP contribution is -2.54. The van der Waals surface area contributed by atoms with Crippen molar-refractivity contribution in [2.24, 2.45) is 0 Å². The number of piperidine rings is 2. The third-order valence-corrected chi connectivity index (χ3v) is 25.6. The first-order valence-corrected chi connectivity index (χ1v) is 41.0. The second-order valence-corrected chi connectivity index (χ2v) is 33.1. The largest absolute Gasteiger partial charge is 0.463 e. The van der Waals surface area contributed by atoms with Gasteiger partial charge < -0.3 is 57.8 Å². The molecule has 0 aromatic heterocycles. The van der Waals surface area contributed by atoms with Gasteiger partial charge in [0.25, 0.3) is 11.8 Å². The van der Waals surface area contributed by atoms with E-state index in [2.05, 4.69) is 21.9 Å². The molecular formula is C86H90Cl4F12N6O12. The predicted octanol–water partition coefficient (Wildman–Crippen LogP) is 16.7. The maximum Gasteiger partial charge on any atom is 0.416 e. The van der Waals surface area contributed by atoms with Gasteiger partial charge in [-0.25, -0.2) is 9.59 Å². The molecule has 4 saturated heterocycles. The number of likely N-dealkylation sites (tertiary alicyclic amines) is 2. The van der Waals surface area contributed by atoms with Crippen molar-refractivity contribution in [2.45, 2.75) is 136 Å². The molecule has 6 aliphatic rings. The SMILES string of the molecule is CN(CCCCOC(=O)/C=C\C(=O)OCCCCN(C)C(=O)CO[C@H]1Cc2ccccc2C12CCN(CC[C@]1(c3ccc(Cl)c(Cl)c3)CN(C(=O)c3cc(C(F)(F)F)cc(C(F)(F)F)c3)CCO1)CC2)C(=O)CO[C@H]1Cc2ccccc2C12CCN(CC[C@]1(c3ccc(Cl)c(Cl)c3)CN(C(=O)c3cc(C(F)(F)F)cc(C(F)(F)F)c3)CCO1)CC2. The average Bonchev–Trinajstić information content (AvgIpc) is 1.58. The van der Waals surface area contributed by atoms with Crippen LogP contribution in [0.25, 0.3) is 0 Å². The van der Waals surface area contributed by atoms with Crippen LogP contribution in [0.1, 0.15) is 141 Å². The second kappa shape index (κ2) is 38.0. The summed E-state index contributed by atoms with van der Waals surface area (Å²) in [5, 5.41) is 0.797. The van der Waals surface area contributed by atoms with E-state index in [0.29, 0.717) is 152 Å². The molecule has 4 amide bonds. The Morgan fingerprint density at radius 2 is 0.808 bits per heavy atom. The molecule has 0 radical (unpaired) electrons. The highest BCUT2D eigenvalue weighted by Crippen LogP contribution is 2.51. The Balaban J connectivity index is 0.546. The molecule has 18 nitrogen and oxygen atoms in total. The van der Waals surface area contributed by atoms with Crippen LogP contribution in [0.5, 0.6) is 0 Å². The number of benzene rings is 6. The summed E-state index contributed by atoms with van der Waals surface area (Å²) in [6.45, 7) is 2.48. The zero-order valence-corrected chi connectivity index (χ0v) is 68.7. The summed E-state index contributed by atoms with van der Waals surface area (Å²) in [6.07, 6.45) is -13.5. The fourth-order valence-electron chi connectivity index (χ4n) is 17.4. The molecule has 2 aliphatic carbocycles. The van der Waals surface area contributed by atoms with E-state index in [1.54, 1.807) is 60.3 Å². The molecular weight excluding hydrogens is 1680 g/mol. The number of esters is 2. The highest BCUT2D eigenvalue weighted by Gasteiger charge is 2.53. The van der Waals surface area contributed by atoms with Crippen LogP contribution in [0, 0.1) is 0 Å². The molecule has 12 rings (SSSR count). The average molecular weight is 1770 g/mol. The van der Waals surface area contributed by atoms with E-state index in [0.717, 1.165) is 34.4 Å². The Bertz CT molecular complexity index is 4400. The molecule has 34 heteroatoms. The Hall–Kier alpha value is -8.04. The number of carbonyl (C=O) groups excluding carboxylic acids is 6.